The van der Waals surface area contributed by atoms with E-state index in [0.29, 0.717) is 19.7 Å². The largest absolute Gasteiger partial charge is 0.376 e. The molecule has 2 rings (SSSR count). The zero-order valence-corrected chi connectivity index (χ0v) is 12.1. The molecule has 0 amide bonds. The first-order valence-corrected chi connectivity index (χ1v) is 7.68. The molecule has 1 atom stereocenters. The molecule has 1 aromatic rings. The van der Waals surface area contributed by atoms with E-state index in [1.165, 1.54) is 10.4 Å². The van der Waals surface area contributed by atoms with E-state index >= 15 is 0 Å². The summed E-state index contributed by atoms with van der Waals surface area (Å²) in [6.07, 6.45) is -0.119. The highest BCUT2D eigenvalue weighted by Gasteiger charge is 2.31. The summed E-state index contributed by atoms with van der Waals surface area (Å²) < 4.78 is 31.6. The Labute approximate surface area is 116 Å². The molecule has 0 saturated carbocycles. The van der Waals surface area contributed by atoms with Gasteiger partial charge < -0.3 is 4.74 Å². The fourth-order valence-corrected chi connectivity index (χ4v) is 4.06. The maximum absolute atomic E-state index is 12.4. The Bertz CT molecular complexity index is 547. The molecule has 1 aromatic carbocycles. The van der Waals surface area contributed by atoms with Gasteiger partial charge in [0, 0.05) is 13.1 Å². The third kappa shape index (κ3) is 2.65. The maximum Gasteiger partial charge on any atom is 0.244 e. The van der Waals surface area contributed by atoms with Crippen LogP contribution in [0.5, 0.6) is 0 Å². The topological polar surface area (TPSA) is 46.6 Å². The number of hydrogen-bond donors (Lipinski definition) is 0. The molecule has 4 nitrogen and oxygen atoms in total. The van der Waals surface area contributed by atoms with Crippen LogP contribution in [0.15, 0.2) is 23.1 Å². The van der Waals surface area contributed by atoms with Gasteiger partial charge in [-0.1, -0.05) is 29.3 Å². The lowest BCUT2D eigenvalue weighted by Gasteiger charge is -2.30. The van der Waals surface area contributed by atoms with Crippen LogP contribution in [0, 0.1) is 0 Å². The number of benzene rings is 1. The van der Waals surface area contributed by atoms with Crippen molar-refractivity contribution < 1.29 is 13.2 Å². The summed E-state index contributed by atoms with van der Waals surface area (Å²) in [5.74, 6) is 0. The van der Waals surface area contributed by atoms with Crippen molar-refractivity contribution in [3.05, 3.63) is 28.2 Å². The smallest absolute Gasteiger partial charge is 0.244 e. The minimum atomic E-state index is -3.61. The minimum absolute atomic E-state index is 0.0470. The fraction of sp³-hybridized carbons (Fsp3) is 0.455. The lowest BCUT2D eigenvalue weighted by atomic mass is 10.3. The van der Waals surface area contributed by atoms with Gasteiger partial charge in [-0.2, -0.15) is 4.31 Å². The summed E-state index contributed by atoms with van der Waals surface area (Å²) >= 11 is 11.8. The summed E-state index contributed by atoms with van der Waals surface area (Å²) in [5.41, 5.74) is 0. The van der Waals surface area contributed by atoms with Crippen molar-refractivity contribution in [2.45, 2.75) is 17.9 Å². The molecular weight excluding hydrogens is 297 g/mol. The van der Waals surface area contributed by atoms with Crippen LogP contribution in [0.2, 0.25) is 10.0 Å². The second-order valence-electron chi connectivity index (χ2n) is 4.10. The lowest BCUT2D eigenvalue weighted by molar-refractivity contribution is 0.0102. The first-order valence-electron chi connectivity index (χ1n) is 5.48. The molecule has 18 heavy (non-hydrogen) atoms. The number of halogens is 2. The van der Waals surface area contributed by atoms with Gasteiger partial charge in [0.25, 0.3) is 0 Å². The Kier molecular flexibility index (Phi) is 4.18. The Morgan fingerprint density at radius 2 is 2.11 bits per heavy atom. The predicted octanol–water partition coefficient (Wildman–Crippen LogP) is 2.40. The van der Waals surface area contributed by atoms with Crippen LogP contribution in [0.3, 0.4) is 0 Å². The van der Waals surface area contributed by atoms with Crippen molar-refractivity contribution in [3.63, 3.8) is 0 Å². The highest BCUT2D eigenvalue weighted by molar-refractivity contribution is 7.89. The summed E-state index contributed by atoms with van der Waals surface area (Å²) in [7, 11) is -3.61. The fourth-order valence-electron chi connectivity index (χ4n) is 1.83. The number of nitrogens with zero attached hydrogens (tertiary/aromatic N) is 1. The van der Waals surface area contributed by atoms with E-state index in [0.717, 1.165) is 0 Å². The van der Waals surface area contributed by atoms with Gasteiger partial charge in [-0.05, 0) is 19.1 Å². The number of morpholine rings is 1. The summed E-state index contributed by atoms with van der Waals surface area (Å²) in [6, 6.07) is 4.60. The van der Waals surface area contributed by atoms with Gasteiger partial charge in [0.2, 0.25) is 10.0 Å². The Hall–Kier alpha value is -0.330. The molecule has 100 valence electrons. The van der Waals surface area contributed by atoms with Gasteiger partial charge in [0.15, 0.2) is 0 Å². The van der Waals surface area contributed by atoms with Crippen molar-refractivity contribution in [2.24, 2.45) is 0 Å². The standard InChI is InChI=1S/C11H13Cl2NO3S/c1-8-7-14(5-6-17-8)18(15,16)10-4-2-3-9(12)11(10)13/h2-4,8H,5-7H2,1H3. The van der Waals surface area contributed by atoms with Gasteiger partial charge in [-0.3, -0.25) is 0 Å². The monoisotopic (exact) mass is 309 g/mol. The lowest BCUT2D eigenvalue weighted by Crippen LogP contribution is -2.44. The number of hydrogen-bond acceptors (Lipinski definition) is 3. The van der Waals surface area contributed by atoms with Gasteiger partial charge in [-0.15, -0.1) is 0 Å². The molecule has 1 fully saturated rings. The van der Waals surface area contributed by atoms with E-state index in [-0.39, 0.29) is 21.0 Å². The molecule has 0 N–H and O–H groups in total. The van der Waals surface area contributed by atoms with Crippen LogP contribution in [0.1, 0.15) is 6.92 Å². The van der Waals surface area contributed by atoms with Crippen LogP contribution >= 0.6 is 23.2 Å². The predicted molar refractivity (Wildman–Crippen MR) is 70.6 cm³/mol. The molecule has 1 heterocycles. The Balaban J connectivity index is 2.39. The van der Waals surface area contributed by atoms with Crippen molar-refractivity contribution in [1.82, 2.24) is 4.31 Å². The quantitative estimate of drug-likeness (QED) is 0.843. The molecule has 0 aliphatic carbocycles. The molecule has 7 heteroatoms. The molecule has 0 spiro atoms. The number of rotatable bonds is 2. The van der Waals surface area contributed by atoms with Crippen molar-refractivity contribution >= 4 is 33.2 Å². The number of ether oxygens (including phenoxy) is 1. The summed E-state index contributed by atoms with van der Waals surface area (Å²) in [4.78, 5) is 0.0470. The van der Waals surface area contributed by atoms with E-state index in [2.05, 4.69) is 0 Å². The van der Waals surface area contributed by atoms with Crippen LogP contribution in [0.25, 0.3) is 0 Å². The molecule has 1 saturated heterocycles. The van der Waals surface area contributed by atoms with Crippen LogP contribution in [0.4, 0.5) is 0 Å². The first kappa shape index (κ1) is 14.1. The Morgan fingerprint density at radius 1 is 1.39 bits per heavy atom. The van der Waals surface area contributed by atoms with E-state index in [4.69, 9.17) is 27.9 Å². The molecule has 1 unspecified atom stereocenters. The van der Waals surface area contributed by atoms with E-state index < -0.39 is 10.0 Å². The highest BCUT2D eigenvalue weighted by atomic mass is 35.5. The molecule has 1 aliphatic heterocycles. The van der Waals surface area contributed by atoms with E-state index in [1.54, 1.807) is 12.1 Å². The molecule has 0 radical (unpaired) electrons. The number of sulfonamides is 1. The first-order chi connectivity index (χ1) is 8.43. The van der Waals surface area contributed by atoms with Crippen LogP contribution in [-0.2, 0) is 14.8 Å². The van der Waals surface area contributed by atoms with Gasteiger partial charge in [0.05, 0.1) is 22.8 Å². The second kappa shape index (κ2) is 5.35. The SMILES string of the molecule is CC1CN(S(=O)(=O)c2cccc(Cl)c2Cl)CCO1. The normalized spacial score (nSPS) is 22.1. The molecule has 0 bridgehead atoms. The maximum atomic E-state index is 12.4. The van der Waals surface area contributed by atoms with Gasteiger partial charge in [0.1, 0.15) is 4.90 Å². The van der Waals surface area contributed by atoms with Crippen molar-refractivity contribution in [2.75, 3.05) is 19.7 Å². The van der Waals surface area contributed by atoms with Crippen LogP contribution in [-0.4, -0.2) is 38.5 Å². The highest BCUT2D eigenvalue weighted by Crippen LogP contribution is 2.31. The summed E-state index contributed by atoms with van der Waals surface area (Å²) in [6.45, 7) is 2.88. The minimum Gasteiger partial charge on any atom is -0.376 e. The van der Waals surface area contributed by atoms with Crippen molar-refractivity contribution in [1.29, 1.82) is 0 Å². The van der Waals surface area contributed by atoms with Gasteiger partial charge in [-0.25, -0.2) is 8.42 Å². The average molecular weight is 310 g/mol. The van der Waals surface area contributed by atoms with Crippen molar-refractivity contribution in [3.8, 4) is 0 Å². The third-order valence-corrected chi connectivity index (χ3v) is 5.58. The van der Waals surface area contributed by atoms with E-state index in [1.807, 2.05) is 6.92 Å². The molecular formula is C11H13Cl2NO3S. The van der Waals surface area contributed by atoms with Crippen LogP contribution < -0.4 is 0 Å². The van der Waals surface area contributed by atoms with E-state index in [9.17, 15) is 8.42 Å². The second-order valence-corrected chi connectivity index (χ2v) is 6.79. The molecule has 1 aliphatic rings. The summed E-state index contributed by atoms with van der Waals surface area (Å²) in [5, 5.41) is 0.303. The molecule has 0 aromatic heterocycles. The zero-order chi connectivity index (χ0) is 13.3. The van der Waals surface area contributed by atoms with Gasteiger partial charge >= 0.3 is 0 Å². The Morgan fingerprint density at radius 3 is 2.78 bits per heavy atom. The zero-order valence-electron chi connectivity index (χ0n) is 9.77. The average Bonchev–Trinajstić information content (AvgIpc) is 2.32. The third-order valence-electron chi connectivity index (χ3n) is 2.74.